The van der Waals surface area contributed by atoms with Crippen molar-refractivity contribution in [2.24, 2.45) is 11.8 Å². The molecule has 4 unspecified atom stereocenters. The molecule has 3 amide bonds. The standard InChI is InChI=1S/C41H51N7O6/c1-23(52-5)34(46-39(50)53-6)38(49)48-19-7-8-32(48)36-42-21-30(44-36)26-13-9-24(10-14-26)25-11-15-27(16-12-25)31-22-43-37(45-31)33-28-17-18-29(20-28)35(33)47-40(51)54-41(2,3)4/h9-16,21-23,28-29,32-35H,7-8,17-20H2,1-6H3,(H,42,44)(H,43,45)(H,46,50)(H,47,51)/t23?,28?,29?,32-,33?,34-,35-/m0/s1. The highest BCUT2D eigenvalue weighted by molar-refractivity contribution is 5.87. The third-order valence-electron chi connectivity index (χ3n) is 11.2. The summed E-state index contributed by atoms with van der Waals surface area (Å²) in [6.07, 6.45) is 7.06. The Labute approximate surface area is 316 Å². The number of aromatic nitrogens is 4. The number of nitrogens with zero attached hydrogens (tertiary/aromatic N) is 3. The zero-order valence-electron chi connectivity index (χ0n) is 31.8. The maximum absolute atomic E-state index is 13.6. The van der Waals surface area contributed by atoms with Gasteiger partial charge in [0.15, 0.2) is 0 Å². The summed E-state index contributed by atoms with van der Waals surface area (Å²) in [6, 6.07) is 15.6. The van der Waals surface area contributed by atoms with Crippen molar-refractivity contribution in [3.63, 3.8) is 0 Å². The molecule has 2 aliphatic carbocycles. The van der Waals surface area contributed by atoms with Gasteiger partial charge in [0.25, 0.3) is 0 Å². The molecule has 2 aromatic carbocycles. The Morgan fingerprint density at radius 3 is 1.98 bits per heavy atom. The van der Waals surface area contributed by atoms with Crippen LogP contribution in [-0.2, 0) is 19.0 Å². The van der Waals surface area contributed by atoms with E-state index in [1.54, 1.807) is 18.0 Å². The quantitative estimate of drug-likeness (QED) is 0.136. The van der Waals surface area contributed by atoms with E-state index in [1.807, 2.05) is 27.0 Å². The van der Waals surface area contributed by atoms with E-state index in [0.29, 0.717) is 24.2 Å². The van der Waals surface area contributed by atoms with Gasteiger partial charge in [-0.15, -0.1) is 0 Å². The number of benzene rings is 2. The third kappa shape index (κ3) is 7.73. The fraction of sp³-hybridized carbons (Fsp3) is 0.488. The van der Waals surface area contributed by atoms with E-state index in [1.165, 1.54) is 14.2 Å². The fourth-order valence-electron chi connectivity index (χ4n) is 8.52. The van der Waals surface area contributed by atoms with E-state index in [-0.39, 0.29) is 30.0 Å². The fourth-order valence-corrected chi connectivity index (χ4v) is 8.52. The summed E-state index contributed by atoms with van der Waals surface area (Å²) in [7, 11) is 2.77. The summed E-state index contributed by atoms with van der Waals surface area (Å²) in [5.41, 5.74) is 5.46. The van der Waals surface area contributed by atoms with E-state index in [2.05, 4.69) is 74.1 Å². The first-order valence-electron chi connectivity index (χ1n) is 18.9. The Morgan fingerprint density at radius 1 is 0.815 bits per heavy atom. The third-order valence-corrected chi connectivity index (χ3v) is 11.2. The number of imidazole rings is 2. The van der Waals surface area contributed by atoms with Gasteiger partial charge in [-0.2, -0.15) is 0 Å². The van der Waals surface area contributed by atoms with Gasteiger partial charge in [0.1, 0.15) is 23.3 Å². The molecule has 4 aromatic rings. The second kappa shape index (κ2) is 15.3. The number of carbonyl (C=O) groups excluding carboxylic acids is 3. The molecule has 3 aliphatic rings. The topological polar surface area (TPSA) is 164 Å². The van der Waals surface area contributed by atoms with Crippen molar-refractivity contribution < 1.29 is 28.6 Å². The van der Waals surface area contributed by atoms with Crippen molar-refractivity contribution in [2.45, 2.75) is 95.5 Å². The first-order chi connectivity index (χ1) is 25.9. The molecular formula is C41H51N7O6. The molecule has 13 nitrogen and oxygen atoms in total. The summed E-state index contributed by atoms with van der Waals surface area (Å²) in [5, 5.41) is 5.81. The average molecular weight is 738 g/mol. The van der Waals surface area contributed by atoms with Gasteiger partial charge in [-0.3, -0.25) is 4.79 Å². The van der Waals surface area contributed by atoms with E-state index in [0.717, 1.165) is 71.6 Å². The molecule has 286 valence electrons. The number of rotatable bonds is 10. The van der Waals surface area contributed by atoms with Crippen LogP contribution >= 0.6 is 0 Å². The van der Waals surface area contributed by atoms with Crippen molar-refractivity contribution in [3.05, 3.63) is 72.6 Å². The molecule has 7 atom stereocenters. The van der Waals surface area contributed by atoms with Crippen molar-refractivity contribution in [1.82, 2.24) is 35.5 Å². The second-order valence-corrected chi connectivity index (χ2v) is 15.8. The Kier molecular flexibility index (Phi) is 10.5. The number of alkyl carbamates (subject to hydrolysis) is 2. The van der Waals surface area contributed by atoms with Gasteiger partial charge in [0.2, 0.25) is 5.91 Å². The SMILES string of the molecule is COC(=O)N[C@H](C(=O)N1CCC[C@H]1c1ncc(-c2ccc(-c3ccc(-c4cnc(C5C6CCC(C6)[C@@H]5NC(=O)OC(C)(C)C)[nH]4)cc3)cc2)[nH]1)C(C)OC. The molecule has 3 fully saturated rings. The molecule has 3 heterocycles. The Bertz CT molecular complexity index is 1950. The molecule has 0 radical (unpaired) electrons. The zero-order chi connectivity index (χ0) is 38.1. The number of hydrogen-bond acceptors (Lipinski definition) is 8. The summed E-state index contributed by atoms with van der Waals surface area (Å²) in [5.74, 6) is 2.47. The minimum atomic E-state index is -0.884. The van der Waals surface area contributed by atoms with Gasteiger partial charge in [0, 0.05) is 25.6 Å². The predicted octanol–water partition coefficient (Wildman–Crippen LogP) is 6.96. The van der Waals surface area contributed by atoms with Crippen LogP contribution in [0, 0.1) is 11.8 Å². The number of fused-ring (bicyclic) bond motifs is 2. The van der Waals surface area contributed by atoms with Crippen LogP contribution in [0.2, 0.25) is 0 Å². The average Bonchev–Trinajstić information content (AvgIpc) is 4.01. The molecule has 7 rings (SSSR count). The van der Waals surface area contributed by atoms with Crippen LogP contribution in [0.25, 0.3) is 33.6 Å². The van der Waals surface area contributed by atoms with Crippen molar-refractivity contribution >= 4 is 18.1 Å². The molecule has 2 bridgehead atoms. The first kappa shape index (κ1) is 37.2. The molecule has 1 saturated heterocycles. The van der Waals surface area contributed by atoms with Gasteiger partial charge in [-0.05, 0) is 93.9 Å². The lowest BCUT2D eigenvalue weighted by Crippen LogP contribution is -2.54. The minimum Gasteiger partial charge on any atom is -0.453 e. The lowest BCUT2D eigenvalue weighted by Gasteiger charge is -2.31. The van der Waals surface area contributed by atoms with Crippen LogP contribution in [-0.4, -0.2) is 87.5 Å². The maximum atomic E-state index is 13.6. The summed E-state index contributed by atoms with van der Waals surface area (Å²) in [4.78, 5) is 56.6. The van der Waals surface area contributed by atoms with Gasteiger partial charge in [-0.1, -0.05) is 48.5 Å². The van der Waals surface area contributed by atoms with Crippen LogP contribution in [0.1, 0.15) is 83.4 Å². The minimum absolute atomic E-state index is 0.0116. The largest absolute Gasteiger partial charge is 0.453 e. The number of likely N-dealkylation sites (tertiary alicyclic amines) is 1. The molecule has 13 heteroatoms. The molecule has 4 N–H and O–H groups in total. The van der Waals surface area contributed by atoms with Gasteiger partial charge in [-0.25, -0.2) is 19.6 Å². The monoisotopic (exact) mass is 737 g/mol. The number of methoxy groups -OCH3 is 2. The van der Waals surface area contributed by atoms with Gasteiger partial charge >= 0.3 is 12.2 Å². The van der Waals surface area contributed by atoms with Crippen molar-refractivity contribution in [2.75, 3.05) is 20.8 Å². The lowest BCUT2D eigenvalue weighted by atomic mass is 9.84. The number of ether oxygens (including phenoxy) is 3. The molecule has 54 heavy (non-hydrogen) atoms. The number of amides is 3. The van der Waals surface area contributed by atoms with Crippen molar-refractivity contribution in [1.29, 1.82) is 0 Å². The number of aromatic amines is 2. The predicted molar refractivity (Wildman–Crippen MR) is 203 cm³/mol. The Hall–Kier alpha value is -5.17. The Balaban J connectivity index is 1.01. The Morgan fingerprint density at radius 2 is 1.39 bits per heavy atom. The van der Waals surface area contributed by atoms with Crippen LogP contribution in [0.3, 0.4) is 0 Å². The second-order valence-electron chi connectivity index (χ2n) is 15.8. The molecule has 2 aromatic heterocycles. The first-order valence-corrected chi connectivity index (χ1v) is 18.9. The van der Waals surface area contributed by atoms with Crippen LogP contribution in [0.15, 0.2) is 60.9 Å². The van der Waals surface area contributed by atoms with Crippen LogP contribution in [0.4, 0.5) is 9.59 Å². The number of carbonyl (C=O) groups is 3. The summed E-state index contributed by atoms with van der Waals surface area (Å²) in [6.45, 7) is 7.95. The van der Waals surface area contributed by atoms with E-state index in [9.17, 15) is 14.4 Å². The number of H-pyrrole nitrogens is 2. The van der Waals surface area contributed by atoms with Crippen LogP contribution < -0.4 is 10.6 Å². The lowest BCUT2D eigenvalue weighted by molar-refractivity contribution is -0.137. The van der Waals surface area contributed by atoms with Gasteiger partial charge in [0.05, 0.1) is 43.0 Å². The zero-order valence-corrected chi connectivity index (χ0v) is 31.8. The highest BCUT2D eigenvalue weighted by Gasteiger charge is 2.50. The van der Waals surface area contributed by atoms with Crippen molar-refractivity contribution in [3.8, 4) is 33.6 Å². The number of hydrogen-bond donors (Lipinski definition) is 4. The highest BCUT2D eigenvalue weighted by atomic mass is 16.6. The molecule has 2 saturated carbocycles. The number of nitrogens with one attached hydrogen (secondary N) is 4. The van der Waals surface area contributed by atoms with Crippen LogP contribution in [0.5, 0.6) is 0 Å². The smallest absolute Gasteiger partial charge is 0.407 e. The normalized spacial score (nSPS) is 23.2. The van der Waals surface area contributed by atoms with E-state index in [4.69, 9.17) is 19.2 Å². The van der Waals surface area contributed by atoms with E-state index >= 15 is 0 Å². The maximum Gasteiger partial charge on any atom is 0.407 e. The van der Waals surface area contributed by atoms with E-state index < -0.39 is 23.8 Å². The van der Waals surface area contributed by atoms with Gasteiger partial charge < -0.3 is 39.7 Å². The highest BCUT2D eigenvalue weighted by Crippen LogP contribution is 2.52. The molecule has 0 spiro atoms. The molecular weight excluding hydrogens is 686 g/mol. The summed E-state index contributed by atoms with van der Waals surface area (Å²) < 4.78 is 15.7. The molecule has 1 aliphatic heterocycles. The summed E-state index contributed by atoms with van der Waals surface area (Å²) >= 11 is 0.